The Balaban J connectivity index is 1.97. The third kappa shape index (κ3) is 8.86. The summed E-state index contributed by atoms with van der Waals surface area (Å²) in [4.78, 5) is 8.91. The number of aliphatic hydroxyl groups excluding tert-OH is 2. The molecule has 0 amide bonds. The number of thioether (sulfide) groups is 1. The molecule has 0 radical (unpaired) electrons. The number of aromatic nitrogens is 2. The van der Waals surface area contributed by atoms with Gasteiger partial charge in [-0.3, -0.25) is 5.84 Å². The highest BCUT2D eigenvalue weighted by Gasteiger charge is 2.39. The Morgan fingerprint density at radius 2 is 2.09 bits per heavy atom. The maximum absolute atomic E-state index is 10.8. The Morgan fingerprint density at radius 1 is 1.33 bits per heavy atom. The number of hydrogen-bond donors (Lipinski definition) is 5. The third-order valence-corrected chi connectivity index (χ3v) is 6.61. The fraction of sp³-hybridized carbons (Fsp3) is 0.727. The SMILES string of the molecule is CCCSc1nc(Cl)c(NN)c(CCCC[C@H]2C/C(=C\OC(C)(C)O)[C@@H](OCCO)[C@@H]2O)n1. The van der Waals surface area contributed by atoms with Crippen LogP contribution in [0.4, 0.5) is 5.69 Å². The molecule has 188 valence electrons. The number of nitrogens with one attached hydrogen (secondary N) is 1. The highest BCUT2D eigenvalue weighted by molar-refractivity contribution is 7.99. The van der Waals surface area contributed by atoms with Gasteiger partial charge in [-0.1, -0.05) is 36.7 Å². The van der Waals surface area contributed by atoms with Gasteiger partial charge in [0, 0.05) is 19.6 Å². The van der Waals surface area contributed by atoms with Crippen molar-refractivity contribution in [2.75, 3.05) is 24.4 Å². The Hall–Kier alpha value is -1.14. The Labute approximate surface area is 205 Å². The molecule has 1 aliphatic rings. The normalized spacial score (nSPS) is 22.2. The number of ether oxygens (including phenoxy) is 2. The van der Waals surface area contributed by atoms with Crippen molar-refractivity contribution in [2.45, 2.75) is 82.4 Å². The van der Waals surface area contributed by atoms with E-state index < -0.39 is 18.0 Å². The molecule has 1 aromatic heterocycles. The van der Waals surface area contributed by atoms with Crippen LogP contribution in [0.3, 0.4) is 0 Å². The van der Waals surface area contributed by atoms with Crippen LogP contribution in [0.2, 0.25) is 5.15 Å². The number of hydrazine groups is 1. The average molecular weight is 505 g/mol. The first-order chi connectivity index (χ1) is 15.7. The van der Waals surface area contributed by atoms with Crippen LogP contribution in [0.1, 0.15) is 58.6 Å². The number of aliphatic hydroxyl groups is 3. The molecular weight excluding hydrogens is 468 g/mol. The van der Waals surface area contributed by atoms with E-state index in [0.29, 0.717) is 28.8 Å². The number of aryl methyl sites for hydroxylation is 1. The molecule has 0 aliphatic heterocycles. The first-order valence-corrected chi connectivity index (χ1v) is 12.7. The van der Waals surface area contributed by atoms with Gasteiger partial charge in [0.25, 0.3) is 0 Å². The van der Waals surface area contributed by atoms with Gasteiger partial charge in [0.15, 0.2) is 10.3 Å². The second kappa shape index (κ2) is 13.7. The zero-order valence-corrected chi connectivity index (χ0v) is 21.2. The number of hydrogen-bond acceptors (Lipinski definition) is 10. The molecule has 1 heterocycles. The lowest BCUT2D eigenvalue weighted by Gasteiger charge is -2.21. The van der Waals surface area contributed by atoms with Gasteiger partial charge in [-0.25, -0.2) is 9.97 Å². The number of unbranched alkanes of at least 4 members (excludes halogenated alkanes) is 1. The predicted molar refractivity (Wildman–Crippen MR) is 130 cm³/mol. The number of nitrogen functional groups attached to an aromatic ring is 1. The lowest BCUT2D eigenvalue weighted by Crippen LogP contribution is -2.30. The predicted octanol–water partition coefficient (Wildman–Crippen LogP) is 3.02. The Kier molecular flexibility index (Phi) is 11.6. The molecular formula is C22H37ClN4O5S. The fourth-order valence-corrected chi connectivity index (χ4v) is 4.75. The summed E-state index contributed by atoms with van der Waals surface area (Å²) in [6.07, 6.45) is 4.98. The van der Waals surface area contributed by atoms with Gasteiger partial charge in [0.2, 0.25) is 5.79 Å². The molecule has 3 atom stereocenters. The molecule has 9 nitrogen and oxygen atoms in total. The van der Waals surface area contributed by atoms with Crippen LogP contribution in [-0.2, 0) is 15.9 Å². The van der Waals surface area contributed by atoms with E-state index in [2.05, 4.69) is 22.3 Å². The van der Waals surface area contributed by atoms with Crippen molar-refractivity contribution < 1.29 is 24.8 Å². The van der Waals surface area contributed by atoms with Crippen LogP contribution in [0.15, 0.2) is 17.0 Å². The summed E-state index contributed by atoms with van der Waals surface area (Å²) in [7, 11) is 0. The number of nitrogens with zero attached hydrogens (tertiary/aromatic N) is 2. The molecule has 1 aliphatic carbocycles. The Morgan fingerprint density at radius 3 is 2.73 bits per heavy atom. The Bertz CT molecular complexity index is 778. The van der Waals surface area contributed by atoms with Crippen molar-refractivity contribution in [1.29, 1.82) is 0 Å². The lowest BCUT2D eigenvalue weighted by atomic mass is 9.97. The summed E-state index contributed by atoms with van der Waals surface area (Å²) in [5.41, 5.74) is 4.71. The fourth-order valence-electron chi connectivity index (χ4n) is 3.74. The van der Waals surface area contributed by atoms with E-state index in [4.69, 9.17) is 32.0 Å². The number of anilines is 1. The van der Waals surface area contributed by atoms with Gasteiger partial charge in [0.1, 0.15) is 11.8 Å². The smallest absolute Gasteiger partial charge is 0.201 e. The van der Waals surface area contributed by atoms with Crippen molar-refractivity contribution in [2.24, 2.45) is 11.8 Å². The maximum atomic E-state index is 10.8. The molecule has 1 saturated carbocycles. The van der Waals surface area contributed by atoms with Crippen LogP contribution in [0.25, 0.3) is 0 Å². The molecule has 0 spiro atoms. The van der Waals surface area contributed by atoms with E-state index in [0.717, 1.165) is 42.7 Å². The van der Waals surface area contributed by atoms with E-state index in [1.54, 1.807) is 11.8 Å². The monoisotopic (exact) mass is 504 g/mol. The van der Waals surface area contributed by atoms with E-state index in [9.17, 15) is 10.2 Å². The molecule has 0 bridgehead atoms. The van der Waals surface area contributed by atoms with Crippen LogP contribution in [0, 0.1) is 5.92 Å². The zero-order valence-electron chi connectivity index (χ0n) is 19.6. The molecule has 11 heteroatoms. The first kappa shape index (κ1) is 28.1. The third-order valence-electron chi connectivity index (χ3n) is 5.28. The van der Waals surface area contributed by atoms with E-state index in [-0.39, 0.29) is 19.1 Å². The summed E-state index contributed by atoms with van der Waals surface area (Å²) >= 11 is 7.84. The first-order valence-electron chi connectivity index (χ1n) is 11.4. The van der Waals surface area contributed by atoms with Crippen molar-refractivity contribution in [1.82, 2.24) is 9.97 Å². The molecule has 2 rings (SSSR count). The van der Waals surface area contributed by atoms with E-state index >= 15 is 0 Å². The number of nitrogens with two attached hydrogens (primary N) is 1. The van der Waals surface area contributed by atoms with Crippen molar-refractivity contribution >= 4 is 29.1 Å². The summed E-state index contributed by atoms with van der Waals surface area (Å²) in [5.74, 6) is 5.21. The van der Waals surface area contributed by atoms with Gasteiger partial charge in [-0.2, -0.15) is 0 Å². The number of rotatable bonds is 14. The summed E-state index contributed by atoms with van der Waals surface area (Å²) in [6.45, 7) is 5.15. The van der Waals surface area contributed by atoms with Gasteiger partial charge in [0.05, 0.1) is 31.3 Å². The highest BCUT2D eigenvalue weighted by Crippen LogP contribution is 2.37. The van der Waals surface area contributed by atoms with Crippen molar-refractivity contribution in [3.63, 3.8) is 0 Å². The summed E-state index contributed by atoms with van der Waals surface area (Å²) < 4.78 is 11.0. The summed E-state index contributed by atoms with van der Waals surface area (Å²) in [6, 6.07) is 0. The molecule has 0 saturated heterocycles. The van der Waals surface area contributed by atoms with Crippen molar-refractivity contribution in [3.05, 3.63) is 22.7 Å². The van der Waals surface area contributed by atoms with Gasteiger partial charge >= 0.3 is 0 Å². The lowest BCUT2D eigenvalue weighted by molar-refractivity contribution is -0.137. The largest absolute Gasteiger partial charge is 0.471 e. The minimum atomic E-state index is -1.32. The molecule has 33 heavy (non-hydrogen) atoms. The molecule has 6 N–H and O–H groups in total. The van der Waals surface area contributed by atoms with Crippen molar-refractivity contribution in [3.8, 4) is 0 Å². The summed E-state index contributed by atoms with van der Waals surface area (Å²) in [5, 5.41) is 30.7. The quantitative estimate of drug-likeness (QED) is 0.0374. The maximum Gasteiger partial charge on any atom is 0.201 e. The van der Waals surface area contributed by atoms with Crippen LogP contribution >= 0.6 is 23.4 Å². The minimum absolute atomic E-state index is 0.0119. The second-order valence-corrected chi connectivity index (χ2v) is 10.0. The van der Waals surface area contributed by atoms with Gasteiger partial charge in [-0.05, 0) is 43.6 Å². The molecule has 1 fully saturated rings. The second-order valence-electron chi connectivity index (χ2n) is 8.58. The van der Waals surface area contributed by atoms with Gasteiger partial charge < -0.3 is 30.2 Å². The topological polar surface area (TPSA) is 143 Å². The van der Waals surface area contributed by atoms with Gasteiger partial charge in [-0.15, -0.1) is 0 Å². The van der Waals surface area contributed by atoms with Crippen LogP contribution < -0.4 is 11.3 Å². The molecule has 1 aromatic rings. The molecule has 0 unspecified atom stereocenters. The minimum Gasteiger partial charge on any atom is -0.471 e. The standard InChI is InChI=1S/C22H37ClN4O5S/c1-4-11-33-21-25-16(17(27-24)20(23)26-21)8-6-5-7-14-12-15(13-32-22(2,3)30)19(18(14)29)31-10-9-28/h13-14,18-19,27-30H,4-12,24H2,1-3H3/b15-13+/t14-,18+,19+/m0/s1. The van der Waals surface area contributed by atoms with Crippen LogP contribution in [-0.4, -0.2) is 62.2 Å². The molecule has 0 aromatic carbocycles. The zero-order chi connectivity index (χ0) is 24.4. The number of halogens is 1. The van der Waals surface area contributed by atoms with Crippen LogP contribution in [0.5, 0.6) is 0 Å². The average Bonchev–Trinajstić information content (AvgIpc) is 3.06. The van der Waals surface area contributed by atoms with E-state index in [1.165, 1.54) is 20.1 Å². The van der Waals surface area contributed by atoms with E-state index in [1.807, 2.05) is 0 Å². The highest BCUT2D eigenvalue weighted by atomic mass is 35.5.